The number of benzene rings is 1. The third kappa shape index (κ3) is 2.38. The van der Waals surface area contributed by atoms with E-state index in [2.05, 4.69) is 20.0 Å². The molecule has 0 fully saturated rings. The van der Waals surface area contributed by atoms with Crippen LogP contribution in [0.3, 0.4) is 0 Å². The largest absolute Gasteiger partial charge is 0.375 e. The van der Waals surface area contributed by atoms with Gasteiger partial charge in [0.2, 0.25) is 0 Å². The number of fused-ring (bicyclic) bond motifs is 1. The highest BCUT2D eigenvalue weighted by Gasteiger charge is 2.19. The minimum atomic E-state index is -0.739. The normalized spacial score (nSPS) is 10.7. The quantitative estimate of drug-likeness (QED) is 0.586. The van der Waals surface area contributed by atoms with Crippen LogP contribution < -0.4 is 5.32 Å². The fourth-order valence-corrected chi connectivity index (χ4v) is 2.02. The van der Waals surface area contributed by atoms with Crippen LogP contribution in [0.1, 0.15) is 5.69 Å². The topological polar surface area (TPSA) is 94.1 Å². The van der Waals surface area contributed by atoms with Gasteiger partial charge in [0.25, 0.3) is 5.69 Å². The van der Waals surface area contributed by atoms with E-state index in [-0.39, 0.29) is 28.8 Å². The molecule has 0 atom stereocenters. The smallest absolute Gasteiger partial charge is 0.281 e. The number of pyridine rings is 1. The number of nitrogens with one attached hydrogen (secondary N) is 1. The first kappa shape index (κ1) is 13.0. The summed E-state index contributed by atoms with van der Waals surface area (Å²) in [7, 11) is 0. The zero-order chi connectivity index (χ0) is 14.8. The Balaban J connectivity index is 2.08. The first-order valence-corrected chi connectivity index (χ1v) is 6.01. The molecular formula is C13H9FN4O3. The van der Waals surface area contributed by atoms with Crippen LogP contribution in [0.5, 0.6) is 0 Å². The molecule has 0 aliphatic carbocycles. The average Bonchev–Trinajstić information content (AvgIpc) is 2.98. The van der Waals surface area contributed by atoms with Gasteiger partial charge in [-0.1, -0.05) is 5.16 Å². The lowest BCUT2D eigenvalue weighted by Crippen LogP contribution is -2.04. The molecular weight excluding hydrogens is 279 g/mol. The van der Waals surface area contributed by atoms with Gasteiger partial charge < -0.3 is 9.84 Å². The predicted octanol–water partition coefficient (Wildman–Crippen LogP) is 2.88. The number of nitrogens with zero attached hydrogens (tertiary/aromatic N) is 3. The van der Waals surface area contributed by atoms with E-state index in [1.807, 2.05) is 0 Å². The van der Waals surface area contributed by atoms with Crippen molar-refractivity contribution < 1.29 is 13.8 Å². The summed E-state index contributed by atoms with van der Waals surface area (Å²) in [4.78, 5) is 14.4. The fourth-order valence-electron chi connectivity index (χ4n) is 2.02. The molecule has 106 valence electrons. The number of non-ortho nitro benzene ring substituents is 1. The molecule has 0 radical (unpaired) electrons. The van der Waals surface area contributed by atoms with Crippen LogP contribution in [0.25, 0.3) is 10.9 Å². The van der Waals surface area contributed by atoms with Gasteiger partial charge in [-0.2, -0.15) is 0 Å². The highest BCUT2D eigenvalue weighted by Crippen LogP contribution is 2.32. The van der Waals surface area contributed by atoms with Gasteiger partial charge in [0.1, 0.15) is 17.5 Å². The summed E-state index contributed by atoms with van der Waals surface area (Å²) in [5, 5.41) is 17.8. The summed E-state index contributed by atoms with van der Waals surface area (Å²) in [6.45, 7) is 0.219. The molecule has 0 saturated heterocycles. The summed E-state index contributed by atoms with van der Waals surface area (Å²) in [6, 6.07) is 5.61. The molecule has 0 spiro atoms. The number of hydrogen-bond acceptors (Lipinski definition) is 6. The van der Waals surface area contributed by atoms with E-state index < -0.39 is 10.7 Å². The van der Waals surface area contributed by atoms with Crippen molar-refractivity contribution >= 4 is 22.3 Å². The van der Waals surface area contributed by atoms with Gasteiger partial charge in [0.15, 0.2) is 5.82 Å². The van der Waals surface area contributed by atoms with Crippen molar-refractivity contribution in [2.75, 3.05) is 5.32 Å². The zero-order valence-corrected chi connectivity index (χ0v) is 10.6. The molecule has 0 bridgehead atoms. The summed E-state index contributed by atoms with van der Waals surface area (Å²) >= 11 is 0. The summed E-state index contributed by atoms with van der Waals surface area (Å²) in [5.41, 5.74) is 0.561. The van der Waals surface area contributed by atoms with Crippen LogP contribution >= 0.6 is 0 Å². The van der Waals surface area contributed by atoms with E-state index in [0.717, 1.165) is 6.07 Å². The van der Waals surface area contributed by atoms with Gasteiger partial charge in [-0.15, -0.1) is 0 Å². The van der Waals surface area contributed by atoms with E-state index in [9.17, 15) is 14.5 Å². The number of hydrogen-bond donors (Lipinski definition) is 1. The molecule has 8 heteroatoms. The molecule has 1 N–H and O–H groups in total. The van der Waals surface area contributed by atoms with Crippen LogP contribution in [0.2, 0.25) is 0 Å². The molecule has 1 aromatic carbocycles. The maximum absolute atomic E-state index is 14.1. The Kier molecular flexibility index (Phi) is 3.19. The van der Waals surface area contributed by atoms with Gasteiger partial charge in [-0.3, -0.25) is 15.1 Å². The van der Waals surface area contributed by atoms with E-state index >= 15 is 0 Å². The van der Waals surface area contributed by atoms with Crippen molar-refractivity contribution in [1.29, 1.82) is 0 Å². The Bertz CT molecular complexity index is 805. The highest BCUT2D eigenvalue weighted by molar-refractivity contribution is 5.96. The van der Waals surface area contributed by atoms with Gasteiger partial charge in [0, 0.05) is 12.3 Å². The van der Waals surface area contributed by atoms with E-state index in [1.165, 1.54) is 18.5 Å². The minimum Gasteiger partial charge on any atom is -0.375 e. The molecule has 3 rings (SSSR count). The minimum absolute atomic E-state index is 0.0965. The second-order valence-electron chi connectivity index (χ2n) is 4.25. The number of anilines is 1. The standard InChI is InChI=1S/C13H9FN4O3/c14-10-6-11(18(19)20)9-2-1-4-15-12(9)13(10)16-7-8-3-5-21-17-8/h1-6,16H,7H2. The SMILES string of the molecule is O=[N+]([O-])c1cc(F)c(NCc2ccon2)c2ncccc12. The second kappa shape index (κ2) is 5.16. The maximum atomic E-state index is 14.1. The first-order valence-electron chi connectivity index (χ1n) is 6.01. The first-order chi connectivity index (χ1) is 10.2. The van der Waals surface area contributed by atoms with Crippen molar-refractivity contribution in [3.05, 3.63) is 58.4 Å². The average molecular weight is 288 g/mol. The van der Waals surface area contributed by atoms with Crippen molar-refractivity contribution in [3.8, 4) is 0 Å². The molecule has 0 aliphatic heterocycles. The Labute approximate surface area is 117 Å². The fraction of sp³-hybridized carbons (Fsp3) is 0.0769. The summed E-state index contributed by atoms with van der Waals surface area (Å²) in [6.07, 6.45) is 2.85. The lowest BCUT2D eigenvalue weighted by atomic mass is 10.1. The Morgan fingerprint density at radius 2 is 2.29 bits per heavy atom. The molecule has 0 saturated carbocycles. The Hall–Kier alpha value is -3.03. The molecule has 0 amide bonds. The van der Waals surface area contributed by atoms with Crippen LogP contribution in [0.4, 0.5) is 15.8 Å². The summed E-state index contributed by atoms with van der Waals surface area (Å²) in [5.74, 6) is -0.739. The van der Waals surface area contributed by atoms with Crippen molar-refractivity contribution in [3.63, 3.8) is 0 Å². The monoisotopic (exact) mass is 288 g/mol. The number of aromatic nitrogens is 2. The van der Waals surface area contributed by atoms with Crippen LogP contribution in [-0.2, 0) is 6.54 Å². The number of rotatable bonds is 4. The van der Waals surface area contributed by atoms with Crippen molar-refractivity contribution in [1.82, 2.24) is 10.1 Å². The van der Waals surface area contributed by atoms with Gasteiger partial charge in [-0.25, -0.2) is 4.39 Å². The zero-order valence-electron chi connectivity index (χ0n) is 10.6. The van der Waals surface area contributed by atoms with Gasteiger partial charge in [0.05, 0.1) is 28.6 Å². The van der Waals surface area contributed by atoms with Crippen molar-refractivity contribution in [2.24, 2.45) is 0 Å². The van der Waals surface area contributed by atoms with E-state index in [0.29, 0.717) is 5.69 Å². The number of nitro benzene ring substituents is 1. The van der Waals surface area contributed by atoms with Crippen LogP contribution in [0.15, 0.2) is 41.2 Å². The molecule has 0 unspecified atom stereocenters. The molecule has 7 nitrogen and oxygen atoms in total. The second-order valence-corrected chi connectivity index (χ2v) is 4.25. The summed E-state index contributed by atoms with van der Waals surface area (Å²) < 4.78 is 18.8. The Morgan fingerprint density at radius 3 is 3.00 bits per heavy atom. The maximum Gasteiger partial charge on any atom is 0.281 e. The number of nitro groups is 1. The van der Waals surface area contributed by atoms with E-state index in [1.54, 1.807) is 12.1 Å². The van der Waals surface area contributed by atoms with E-state index in [4.69, 9.17) is 0 Å². The highest BCUT2D eigenvalue weighted by atomic mass is 19.1. The molecule has 2 aromatic heterocycles. The van der Waals surface area contributed by atoms with Gasteiger partial charge in [-0.05, 0) is 12.1 Å². The lowest BCUT2D eigenvalue weighted by molar-refractivity contribution is -0.383. The number of halogens is 1. The molecule has 0 aliphatic rings. The van der Waals surface area contributed by atoms with Crippen LogP contribution in [-0.4, -0.2) is 15.1 Å². The third-order valence-electron chi connectivity index (χ3n) is 2.96. The third-order valence-corrected chi connectivity index (χ3v) is 2.96. The van der Waals surface area contributed by atoms with Gasteiger partial charge >= 0.3 is 0 Å². The molecule has 3 aromatic rings. The molecule has 21 heavy (non-hydrogen) atoms. The van der Waals surface area contributed by atoms with Crippen LogP contribution in [0, 0.1) is 15.9 Å². The molecule has 2 heterocycles. The Morgan fingerprint density at radius 1 is 1.43 bits per heavy atom. The van der Waals surface area contributed by atoms with Crippen molar-refractivity contribution in [2.45, 2.75) is 6.54 Å². The predicted molar refractivity (Wildman–Crippen MR) is 72.2 cm³/mol. The lowest BCUT2D eigenvalue weighted by Gasteiger charge is -2.09.